The van der Waals surface area contributed by atoms with Gasteiger partial charge in [0, 0.05) is 22.8 Å². The van der Waals surface area contributed by atoms with Gasteiger partial charge in [0.1, 0.15) is 6.04 Å². The number of hydrogen-bond donors (Lipinski definition) is 1. The molecule has 2 aromatic rings. The molecule has 1 fully saturated rings. The van der Waals surface area contributed by atoms with Crippen LogP contribution >= 0.6 is 27.7 Å². The van der Waals surface area contributed by atoms with Gasteiger partial charge in [-0.25, -0.2) is 0 Å². The fraction of sp³-hybridized carbons (Fsp3) is 0.440. The summed E-state index contributed by atoms with van der Waals surface area (Å²) in [6, 6.07) is 17.8. The van der Waals surface area contributed by atoms with Gasteiger partial charge < -0.3 is 10.2 Å². The maximum Gasteiger partial charge on any atom is 0.242 e. The second-order valence-electron chi connectivity index (χ2n) is 8.15. The monoisotopic (exact) mass is 502 g/mol. The van der Waals surface area contributed by atoms with Crippen molar-refractivity contribution in [1.29, 1.82) is 0 Å². The van der Waals surface area contributed by atoms with Crippen LogP contribution in [0.3, 0.4) is 0 Å². The van der Waals surface area contributed by atoms with Crippen molar-refractivity contribution in [2.45, 2.75) is 63.4 Å². The lowest BCUT2D eigenvalue weighted by molar-refractivity contribution is -0.139. The van der Waals surface area contributed by atoms with Crippen LogP contribution in [-0.4, -0.2) is 34.6 Å². The van der Waals surface area contributed by atoms with Crippen LogP contribution in [0.4, 0.5) is 0 Å². The molecule has 0 bridgehead atoms. The molecule has 1 aliphatic rings. The molecule has 1 atom stereocenters. The predicted molar refractivity (Wildman–Crippen MR) is 132 cm³/mol. The van der Waals surface area contributed by atoms with E-state index in [-0.39, 0.29) is 17.9 Å². The molecule has 2 amide bonds. The second kappa shape index (κ2) is 12.3. The van der Waals surface area contributed by atoms with Crippen LogP contribution in [0.15, 0.2) is 59.1 Å². The van der Waals surface area contributed by atoms with E-state index in [1.807, 2.05) is 49.4 Å². The van der Waals surface area contributed by atoms with Crippen molar-refractivity contribution in [2.75, 3.05) is 5.75 Å². The van der Waals surface area contributed by atoms with Crippen molar-refractivity contribution in [3.8, 4) is 0 Å². The van der Waals surface area contributed by atoms with Crippen LogP contribution in [0.5, 0.6) is 0 Å². The topological polar surface area (TPSA) is 49.4 Å². The fourth-order valence-corrected chi connectivity index (χ4v) is 4.99. The first-order chi connectivity index (χ1) is 15.0. The molecule has 0 unspecified atom stereocenters. The van der Waals surface area contributed by atoms with E-state index in [0.29, 0.717) is 12.3 Å². The zero-order valence-corrected chi connectivity index (χ0v) is 20.5. The van der Waals surface area contributed by atoms with E-state index in [0.717, 1.165) is 41.5 Å². The molecule has 0 saturated heterocycles. The van der Waals surface area contributed by atoms with Crippen molar-refractivity contribution in [3.63, 3.8) is 0 Å². The van der Waals surface area contributed by atoms with Crippen LogP contribution in [0.2, 0.25) is 0 Å². The summed E-state index contributed by atoms with van der Waals surface area (Å²) in [5.41, 5.74) is 2.21. The van der Waals surface area contributed by atoms with Gasteiger partial charge in [0.2, 0.25) is 11.8 Å². The van der Waals surface area contributed by atoms with E-state index in [2.05, 4.69) is 33.4 Å². The van der Waals surface area contributed by atoms with Crippen LogP contribution in [-0.2, 0) is 21.9 Å². The van der Waals surface area contributed by atoms with Gasteiger partial charge in [-0.2, -0.15) is 0 Å². The van der Waals surface area contributed by atoms with Gasteiger partial charge in [-0.15, -0.1) is 11.8 Å². The number of carbonyl (C=O) groups excluding carboxylic acids is 2. The highest BCUT2D eigenvalue weighted by Crippen LogP contribution is 2.20. The molecule has 0 spiro atoms. The number of carbonyl (C=O) groups is 2. The van der Waals surface area contributed by atoms with Gasteiger partial charge in [-0.05, 0) is 43.0 Å². The highest BCUT2D eigenvalue weighted by Gasteiger charge is 2.28. The average molecular weight is 504 g/mol. The summed E-state index contributed by atoms with van der Waals surface area (Å²) in [7, 11) is 0. The molecular formula is C25H31BrN2O2S. The fourth-order valence-electron chi connectivity index (χ4n) is 3.85. The molecule has 1 N–H and O–H groups in total. The summed E-state index contributed by atoms with van der Waals surface area (Å²) in [5.74, 6) is 1.08. The number of nitrogens with one attached hydrogen (secondary N) is 1. The Balaban J connectivity index is 1.64. The Bertz CT molecular complexity index is 838. The van der Waals surface area contributed by atoms with Crippen molar-refractivity contribution >= 4 is 39.5 Å². The SMILES string of the molecule is C[C@H](C(=O)NC1CCCCC1)N(Cc1ccc(Br)cc1)C(=O)CSCc1ccccc1. The van der Waals surface area contributed by atoms with E-state index >= 15 is 0 Å². The standard InChI is InChI=1S/C25H31BrN2O2S/c1-19(25(30)27-23-10-6-3-7-11-23)28(16-20-12-14-22(26)15-13-20)24(29)18-31-17-21-8-4-2-5-9-21/h2,4-5,8-9,12-15,19,23H,3,6-7,10-11,16-18H2,1H3,(H,27,30)/t19-/m1/s1. The maximum absolute atomic E-state index is 13.2. The minimum Gasteiger partial charge on any atom is -0.352 e. The summed E-state index contributed by atoms with van der Waals surface area (Å²) in [5, 5.41) is 3.18. The molecule has 0 radical (unpaired) electrons. The molecule has 2 aromatic carbocycles. The second-order valence-corrected chi connectivity index (χ2v) is 10.0. The van der Waals surface area contributed by atoms with Crippen molar-refractivity contribution in [1.82, 2.24) is 10.2 Å². The molecule has 4 nitrogen and oxygen atoms in total. The highest BCUT2D eigenvalue weighted by molar-refractivity contribution is 9.10. The number of halogens is 1. The lowest BCUT2D eigenvalue weighted by atomic mass is 9.95. The minimum absolute atomic E-state index is 0.00450. The number of amides is 2. The Kier molecular flexibility index (Phi) is 9.47. The third-order valence-electron chi connectivity index (χ3n) is 5.72. The predicted octanol–water partition coefficient (Wildman–Crippen LogP) is 5.55. The first-order valence-corrected chi connectivity index (χ1v) is 12.9. The van der Waals surface area contributed by atoms with E-state index < -0.39 is 6.04 Å². The number of nitrogens with zero attached hydrogens (tertiary/aromatic N) is 1. The first kappa shape index (κ1) is 23.9. The number of benzene rings is 2. The molecule has 1 saturated carbocycles. The van der Waals surface area contributed by atoms with Gasteiger partial charge in [0.25, 0.3) is 0 Å². The smallest absolute Gasteiger partial charge is 0.242 e. The van der Waals surface area contributed by atoms with Crippen molar-refractivity contribution in [2.24, 2.45) is 0 Å². The van der Waals surface area contributed by atoms with Gasteiger partial charge in [0.15, 0.2) is 0 Å². The van der Waals surface area contributed by atoms with Crippen LogP contribution in [0, 0.1) is 0 Å². The number of hydrogen-bond acceptors (Lipinski definition) is 3. The normalized spacial score (nSPS) is 15.3. The Labute approximate surface area is 198 Å². The Morgan fingerprint density at radius 1 is 1.03 bits per heavy atom. The van der Waals surface area contributed by atoms with E-state index in [1.165, 1.54) is 12.0 Å². The summed E-state index contributed by atoms with van der Waals surface area (Å²) in [4.78, 5) is 27.9. The molecule has 6 heteroatoms. The number of rotatable bonds is 9. The first-order valence-electron chi connectivity index (χ1n) is 11.0. The van der Waals surface area contributed by atoms with Crippen LogP contribution in [0.25, 0.3) is 0 Å². The average Bonchev–Trinajstić information content (AvgIpc) is 2.79. The molecular weight excluding hydrogens is 472 g/mol. The highest BCUT2D eigenvalue weighted by atomic mass is 79.9. The third kappa shape index (κ3) is 7.69. The Hall–Kier alpha value is -1.79. The maximum atomic E-state index is 13.2. The summed E-state index contributed by atoms with van der Waals surface area (Å²) in [6.45, 7) is 2.27. The Morgan fingerprint density at radius 2 is 1.71 bits per heavy atom. The minimum atomic E-state index is -0.504. The zero-order valence-electron chi connectivity index (χ0n) is 18.1. The molecule has 1 aliphatic carbocycles. The van der Waals surface area contributed by atoms with Gasteiger partial charge in [-0.1, -0.05) is 77.7 Å². The molecule has 0 aromatic heterocycles. The number of thioether (sulfide) groups is 1. The molecule has 0 aliphatic heterocycles. The quantitative estimate of drug-likeness (QED) is 0.488. The van der Waals surface area contributed by atoms with Gasteiger partial charge in [-0.3, -0.25) is 9.59 Å². The molecule has 166 valence electrons. The van der Waals surface area contributed by atoms with Crippen molar-refractivity contribution < 1.29 is 9.59 Å². The lowest BCUT2D eigenvalue weighted by Gasteiger charge is -2.31. The summed E-state index contributed by atoms with van der Waals surface area (Å²) in [6.07, 6.45) is 5.64. The molecule has 3 rings (SSSR count). The molecule has 31 heavy (non-hydrogen) atoms. The lowest BCUT2D eigenvalue weighted by Crippen LogP contribution is -2.50. The van der Waals surface area contributed by atoms with Crippen LogP contribution < -0.4 is 5.32 Å². The summed E-state index contributed by atoms with van der Waals surface area (Å²) < 4.78 is 0.996. The summed E-state index contributed by atoms with van der Waals surface area (Å²) >= 11 is 5.05. The van der Waals surface area contributed by atoms with E-state index in [4.69, 9.17) is 0 Å². The van der Waals surface area contributed by atoms with Crippen molar-refractivity contribution in [3.05, 3.63) is 70.2 Å². The zero-order chi connectivity index (χ0) is 22.1. The molecule has 0 heterocycles. The van der Waals surface area contributed by atoms with E-state index in [9.17, 15) is 9.59 Å². The van der Waals surface area contributed by atoms with Crippen LogP contribution in [0.1, 0.15) is 50.2 Å². The largest absolute Gasteiger partial charge is 0.352 e. The van der Waals surface area contributed by atoms with E-state index in [1.54, 1.807) is 16.7 Å². The van der Waals surface area contributed by atoms with Gasteiger partial charge in [0.05, 0.1) is 5.75 Å². The van der Waals surface area contributed by atoms with Gasteiger partial charge >= 0.3 is 0 Å². The third-order valence-corrected chi connectivity index (χ3v) is 7.24. The Morgan fingerprint density at radius 3 is 2.39 bits per heavy atom.